The van der Waals surface area contributed by atoms with Crippen LogP contribution in [-0.4, -0.2) is 28.7 Å². The highest BCUT2D eigenvalue weighted by molar-refractivity contribution is 5.85. The zero-order valence-corrected chi connectivity index (χ0v) is 12.4. The summed E-state index contributed by atoms with van der Waals surface area (Å²) in [6.07, 6.45) is 7.23. The molecule has 1 aliphatic rings. The molecule has 0 atom stereocenters. The molecule has 2 aromatic heterocycles. The smallest absolute Gasteiger partial charge is 0.258 e. The van der Waals surface area contributed by atoms with Crippen molar-refractivity contribution < 1.29 is 4.74 Å². The topological polar surface area (TPSA) is 56.1 Å². The molecule has 0 amide bonds. The van der Waals surface area contributed by atoms with Gasteiger partial charge in [-0.2, -0.15) is 0 Å². The second-order valence-corrected chi connectivity index (χ2v) is 4.85. The van der Waals surface area contributed by atoms with Crippen molar-refractivity contribution in [1.29, 1.82) is 0 Å². The molecule has 3 heterocycles. The van der Waals surface area contributed by atoms with Crippen molar-refractivity contribution in [3.63, 3.8) is 0 Å². The first-order valence-corrected chi connectivity index (χ1v) is 6.83. The summed E-state index contributed by atoms with van der Waals surface area (Å²) < 4.78 is 7.42. The lowest BCUT2D eigenvalue weighted by Gasteiger charge is -2.23. The average molecular weight is 308 g/mol. The Morgan fingerprint density at radius 2 is 2.10 bits per heavy atom. The van der Waals surface area contributed by atoms with Gasteiger partial charge in [0, 0.05) is 18.5 Å². The lowest BCUT2D eigenvalue weighted by atomic mass is 10.1. The van der Waals surface area contributed by atoms with Gasteiger partial charge in [-0.25, -0.2) is 0 Å². The molecule has 0 spiro atoms. The van der Waals surface area contributed by atoms with Crippen molar-refractivity contribution in [2.24, 2.45) is 0 Å². The van der Waals surface area contributed by atoms with E-state index in [9.17, 15) is 4.79 Å². The Labute approximate surface area is 129 Å². The zero-order valence-electron chi connectivity index (χ0n) is 11.6. The first kappa shape index (κ1) is 15.5. The first-order chi connectivity index (χ1) is 9.83. The van der Waals surface area contributed by atoms with E-state index in [2.05, 4.69) is 10.3 Å². The van der Waals surface area contributed by atoms with Crippen molar-refractivity contribution in [2.45, 2.75) is 18.9 Å². The number of halogens is 1. The molecule has 2 aromatic rings. The number of ether oxygens (including phenoxy) is 1. The van der Waals surface area contributed by atoms with Crippen LogP contribution in [0.5, 0.6) is 5.75 Å². The zero-order chi connectivity index (χ0) is 13.8. The van der Waals surface area contributed by atoms with Gasteiger partial charge in [0.05, 0.1) is 11.9 Å². The first-order valence-electron chi connectivity index (χ1n) is 6.83. The molecule has 0 radical (unpaired) electrons. The lowest BCUT2D eigenvalue weighted by molar-refractivity contribution is 0.162. The lowest BCUT2D eigenvalue weighted by Crippen LogP contribution is -2.34. The third kappa shape index (κ3) is 3.83. The van der Waals surface area contributed by atoms with E-state index in [4.69, 9.17) is 4.74 Å². The van der Waals surface area contributed by atoms with Gasteiger partial charge in [0.25, 0.3) is 5.56 Å². The third-order valence-electron chi connectivity index (χ3n) is 3.40. The molecule has 1 fully saturated rings. The van der Waals surface area contributed by atoms with Crippen LogP contribution >= 0.6 is 12.4 Å². The number of aromatic nitrogens is 2. The Balaban J connectivity index is 0.00000161. The normalized spacial score (nSPS) is 15.2. The Morgan fingerprint density at radius 3 is 2.76 bits per heavy atom. The van der Waals surface area contributed by atoms with Crippen molar-refractivity contribution >= 4 is 12.4 Å². The van der Waals surface area contributed by atoms with Crippen LogP contribution in [0.2, 0.25) is 0 Å². The SMILES string of the molecule is Cl.O=c1cc(OC2CCNCC2)ccn1-c1cccnc1. The minimum atomic E-state index is -0.107. The molecule has 21 heavy (non-hydrogen) atoms. The molecule has 3 rings (SSSR count). The molecule has 0 aromatic carbocycles. The van der Waals surface area contributed by atoms with Gasteiger partial charge < -0.3 is 10.1 Å². The molecule has 0 aliphatic carbocycles. The largest absolute Gasteiger partial charge is 0.490 e. The summed E-state index contributed by atoms with van der Waals surface area (Å²) in [5.41, 5.74) is 0.648. The summed E-state index contributed by atoms with van der Waals surface area (Å²) in [5, 5.41) is 3.29. The van der Waals surface area contributed by atoms with Crippen LogP contribution in [0, 0.1) is 0 Å². The number of hydrogen-bond acceptors (Lipinski definition) is 4. The average Bonchev–Trinajstić information content (AvgIpc) is 2.49. The van der Waals surface area contributed by atoms with Gasteiger partial charge in [0.15, 0.2) is 0 Å². The van der Waals surface area contributed by atoms with Crippen LogP contribution in [-0.2, 0) is 0 Å². The fourth-order valence-electron chi connectivity index (χ4n) is 2.35. The molecule has 112 valence electrons. The van der Waals surface area contributed by atoms with Crippen molar-refractivity contribution in [3.05, 3.63) is 53.2 Å². The van der Waals surface area contributed by atoms with E-state index in [1.807, 2.05) is 12.1 Å². The molecule has 1 N–H and O–H groups in total. The fraction of sp³-hybridized carbons (Fsp3) is 0.333. The maximum absolute atomic E-state index is 12.1. The highest BCUT2D eigenvalue weighted by Crippen LogP contribution is 2.15. The van der Waals surface area contributed by atoms with Crippen LogP contribution < -0.4 is 15.6 Å². The van der Waals surface area contributed by atoms with Crippen LogP contribution in [0.3, 0.4) is 0 Å². The quantitative estimate of drug-likeness (QED) is 0.939. The van der Waals surface area contributed by atoms with Gasteiger partial charge >= 0.3 is 0 Å². The van der Waals surface area contributed by atoms with Gasteiger partial charge in [-0.05, 0) is 44.1 Å². The van der Waals surface area contributed by atoms with Crippen LogP contribution in [0.1, 0.15) is 12.8 Å². The molecule has 6 heteroatoms. The van der Waals surface area contributed by atoms with Crippen molar-refractivity contribution in [1.82, 2.24) is 14.9 Å². The van der Waals surface area contributed by atoms with E-state index >= 15 is 0 Å². The standard InChI is InChI=1S/C15H17N3O2.ClH/c19-15-10-14(20-13-3-7-16-8-4-13)5-9-18(15)12-2-1-6-17-11-12;/h1-2,5-6,9-11,13,16H,3-4,7-8H2;1H. The molecule has 5 nitrogen and oxygen atoms in total. The van der Waals surface area contributed by atoms with E-state index in [-0.39, 0.29) is 24.1 Å². The monoisotopic (exact) mass is 307 g/mol. The minimum absolute atomic E-state index is 0. The summed E-state index contributed by atoms with van der Waals surface area (Å²) in [6, 6.07) is 7.02. The van der Waals surface area contributed by atoms with E-state index in [1.54, 1.807) is 29.2 Å². The summed E-state index contributed by atoms with van der Waals surface area (Å²) in [7, 11) is 0. The predicted octanol–water partition coefficient (Wildman–Crippen LogP) is 1.79. The summed E-state index contributed by atoms with van der Waals surface area (Å²) in [5.74, 6) is 0.641. The fourth-order valence-corrected chi connectivity index (χ4v) is 2.35. The van der Waals surface area contributed by atoms with Crippen LogP contribution in [0.4, 0.5) is 0 Å². The van der Waals surface area contributed by atoms with Gasteiger partial charge in [-0.1, -0.05) is 0 Å². The molecule has 0 unspecified atom stereocenters. The van der Waals surface area contributed by atoms with Gasteiger partial charge in [0.2, 0.25) is 0 Å². The Morgan fingerprint density at radius 1 is 1.29 bits per heavy atom. The van der Waals surface area contributed by atoms with Crippen molar-refractivity contribution in [2.75, 3.05) is 13.1 Å². The van der Waals surface area contributed by atoms with Crippen molar-refractivity contribution in [3.8, 4) is 11.4 Å². The van der Waals surface area contributed by atoms with Gasteiger partial charge in [-0.15, -0.1) is 12.4 Å². The van der Waals surface area contributed by atoms with Gasteiger partial charge in [0.1, 0.15) is 11.9 Å². The molecule has 0 bridgehead atoms. The molecule has 0 saturated carbocycles. The van der Waals surface area contributed by atoms with Crippen LogP contribution in [0.25, 0.3) is 5.69 Å². The number of pyridine rings is 2. The molecular weight excluding hydrogens is 290 g/mol. The number of nitrogens with one attached hydrogen (secondary N) is 1. The number of nitrogens with zero attached hydrogens (tertiary/aromatic N) is 2. The highest BCUT2D eigenvalue weighted by Gasteiger charge is 2.14. The molecule has 1 saturated heterocycles. The summed E-state index contributed by atoms with van der Waals surface area (Å²) >= 11 is 0. The number of rotatable bonds is 3. The minimum Gasteiger partial charge on any atom is -0.490 e. The van der Waals surface area contributed by atoms with E-state index < -0.39 is 0 Å². The van der Waals surface area contributed by atoms with E-state index in [0.717, 1.165) is 31.6 Å². The van der Waals surface area contributed by atoms with Gasteiger partial charge in [-0.3, -0.25) is 14.3 Å². The third-order valence-corrected chi connectivity index (χ3v) is 3.40. The van der Waals surface area contributed by atoms with E-state index in [1.165, 1.54) is 6.07 Å². The Bertz CT molecular complexity index is 624. The Kier molecular flexibility index (Phi) is 5.36. The second kappa shape index (κ2) is 7.24. The molecular formula is C15H18ClN3O2. The summed E-state index contributed by atoms with van der Waals surface area (Å²) in [6.45, 7) is 1.94. The molecule has 1 aliphatic heterocycles. The number of hydrogen-bond donors (Lipinski definition) is 1. The maximum atomic E-state index is 12.1. The predicted molar refractivity (Wildman–Crippen MR) is 83.6 cm³/mol. The maximum Gasteiger partial charge on any atom is 0.258 e. The highest BCUT2D eigenvalue weighted by atomic mass is 35.5. The number of piperidine rings is 1. The Hall–Kier alpha value is -1.85. The second-order valence-electron chi connectivity index (χ2n) is 4.85. The van der Waals surface area contributed by atoms with Crippen LogP contribution in [0.15, 0.2) is 47.7 Å². The van der Waals surface area contributed by atoms with E-state index in [0.29, 0.717) is 5.75 Å². The summed E-state index contributed by atoms with van der Waals surface area (Å²) in [4.78, 5) is 16.1.